The maximum Gasteiger partial charge on any atom is 0.226 e. The molecule has 3 aliphatic rings. The first-order valence-electron chi connectivity index (χ1n) is 10.2. The zero-order chi connectivity index (χ0) is 19.2. The van der Waals surface area contributed by atoms with Crippen LogP contribution in [0, 0.1) is 5.92 Å². The van der Waals surface area contributed by atoms with E-state index < -0.39 is 9.84 Å². The van der Waals surface area contributed by atoms with E-state index in [-0.39, 0.29) is 35.4 Å². The third-order valence-electron chi connectivity index (χ3n) is 6.56. The SMILES string of the molecule is CC(C)c1ccc(CN2CCN(C(=O)C3CCC3)C3CS(=O)(=O)CC32)cc1. The summed E-state index contributed by atoms with van der Waals surface area (Å²) in [5, 5.41) is 0. The molecular formula is C21H30N2O3S. The maximum absolute atomic E-state index is 12.8. The minimum Gasteiger partial charge on any atom is -0.336 e. The van der Waals surface area contributed by atoms with E-state index in [1.807, 2.05) is 4.90 Å². The molecule has 1 aliphatic carbocycles. The van der Waals surface area contributed by atoms with Gasteiger partial charge < -0.3 is 4.90 Å². The molecule has 2 heterocycles. The van der Waals surface area contributed by atoms with Crippen molar-refractivity contribution in [2.24, 2.45) is 5.92 Å². The molecule has 0 aromatic heterocycles. The minimum absolute atomic E-state index is 0.0717. The van der Waals surface area contributed by atoms with E-state index in [4.69, 9.17) is 0 Å². The number of carbonyl (C=O) groups is 1. The predicted molar refractivity (Wildman–Crippen MR) is 106 cm³/mol. The van der Waals surface area contributed by atoms with Gasteiger partial charge in [0.15, 0.2) is 9.84 Å². The van der Waals surface area contributed by atoms with Crippen LogP contribution in [0.3, 0.4) is 0 Å². The van der Waals surface area contributed by atoms with E-state index in [9.17, 15) is 13.2 Å². The normalized spacial score (nSPS) is 28.2. The molecule has 1 amide bonds. The van der Waals surface area contributed by atoms with Gasteiger partial charge in [-0.3, -0.25) is 9.69 Å². The molecule has 0 spiro atoms. The van der Waals surface area contributed by atoms with Gasteiger partial charge >= 0.3 is 0 Å². The first-order valence-corrected chi connectivity index (χ1v) is 12.0. The van der Waals surface area contributed by atoms with E-state index >= 15 is 0 Å². The Kier molecular flexibility index (Phi) is 5.06. The molecule has 148 valence electrons. The summed E-state index contributed by atoms with van der Waals surface area (Å²) >= 11 is 0. The largest absolute Gasteiger partial charge is 0.336 e. The summed E-state index contributed by atoms with van der Waals surface area (Å²) in [4.78, 5) is 17.0. The Morgan fingerprint density at radius 1 is 1.07 bits per heavy atom. The fourth-order valence-corrected chi connectivity index (χ4v) is 6.64. The highest BCUT2D eigenvalue weighted by Crippen LogP contribution is 2.34. The minimum atomic E-state index is -3.09. The highest BCUT2D eigenvalue weighted by Gasteiger charge is 2.49. The molecule has 6 heteroatoms. The molecule has 2 unspecified atom stereocenters. The second-order valence-electron chi connectivity index (χ2n) is 8.74. The lowest BCUT2D eigenvalue weighted by Crippen LogP contribution is -2.61. The highest BCUT2D eigenvalue weighted by molar-refractivity contribution is 7.91. The number of fused-ring (bicyclic) bond motifs is 1. The molecule has 0 bridgehead atoms. The molecule has 1 aromatic carbocycles. The fourth-order valence-electron chi connectivity index (χ4n) is 4.63. The van der Waals surface area contributed by atoms with E-state index in [1.54, 1.807) is 0 Å². The monoisotopic (exact) mass is 390 g/mol. The van der Waals surface area contributed by atoms with E-state index in [1.165, 1.54) is 11.1 Å². The average molecular weight is 391 g/mol. The van der Waals surface area contributed by atoms with Gasteiger partial charge in [-0.2, -0.15) is 0 Å². The Hall–Kier alpha value is -1.40. The Balaban J connectivity index is 1.51. The van der Waals surface area contributed by atoms with Crippen molar-refractivity contribution in [2.45, 2.75) is 57.7 Å². The lowest BCUT2D eigenvalue weighted by Gasteiger charge is -2.45. The molecular weight excluding hydrogens is 360 g/mol. The Morgan fingerprint density at radius 3 is 2.33 bits per heavy atom. The van der Waals surface area contributed by atoms with Gasteiger partial charge in [0.2, 0.25) is 5.91 Å². The van der Waals surface area contributed by atoms with Crippen LogP contribution in [0.25, 0.3) is 0 Å². The second-order valence-corrected chi connectivity index (χ2v) is 10.9. The number of hydrogen-bond donors (Lipinski definition) is 0. The van der Waals surface area contributed by atoms with Gasteiger partial charge in [-0.1, -0.05) is 44.5 Å². The van der Waals surface area contributed by atoms with Crippen LogP contribution >= 0.6 is 0 Å². The zero-order valence-corrected chi connectivity index (χ0v) is 17.1. The predicted octanol–water partition coefficient (Wildman–Crippen LogP) is 2.42. The van der Waals surface area contributed by atoms with Crippen LogP contribution in [0.1, 0.15) is 50.2 Å². The number of hydrogen-bond acceptors (Lipinski definition) is 4. The molecule has 1 aromatic rings. The number of rotatable bonds is 4. The van der Waals surface area contributed by atoms with Gasteiger partial charge in [0.25, 0.3) is 0 Å². The number of carbonyl (C=O) groups excluding carboxylic acids is 1. The summed E-state index contributed by atoms with van der Waals surface area (Å²) in [5.74, 6) is 1.12. The molecule has 0 N–H and O–H groups in total. The molecule has 1 saturated carbocycles. The Bertz CT molecular complexity index is 799. The highest BCUT2D eigenvalue weighted by atomic mass is 32.2. The summed E-state index contributed by atoms with van der Waals surface area (Å²) in [5.41, 5.74) is 2.53. The van der Waals surface area contributed by atoms with Crippen molar-refractivity contribution in [1.82, 2.24) is 9.80 Å². The van der Waals surface area contributed by atoms with Gasteiger partial charge in [0, 0.05) is 31.6 Å². The molecule has 2 atom stereocenters. The van der Waals surface area contributed by atoms with Gasteiger partial charge in [-0.05, 0) is 29.9 Å². The fraction of sp³-hybridized carbons (Fsp3) is 0.667. The summed E-state index contributed by atoms with van der Waals surface area (Å²) in [6, 6.07) is 8.39. The lowest BCUT2D eigenvalue weighted by molar-refractivity contribution is -0.144. The second kappa shape index (κ2) is 7.21. The van der Waals surface area contributed by atoms with E-state index in [2.05, 4.69) is 43.0 Å². The average Bonchev–Trinajstić information content (AvgIpc) is 2.89. The van der Waals surface area contributed by atoms with Gasteiger partial charge in [0.1, 0.15) is 0 Å². The number of sulfone groups is 1. The molecule has 0 radical (unpaired) electrons. The number of amides is 1. The van der Waals surface area contributed by atoms with Crippen LogP contribution in [0.5, 0.6) is 0 Å². The molecule has 2 saturated heterocycles. The van der Waals surface area contributed by atoms with Crippen LogP contribution in [-0.4, -0.2) is 60.8 Å². The first-order chi connectivity index (χ1) is 12.8. The summed E-state index contributed by atoms with van der Waals surface area (Å²) < 4.78 is 24.7. The first kappa shape index (κ1) is 18.9. The van der Waals surface area contributed by atoms with Crippen LogP contribution < -0.4 is 0 Å². The summed E-state index contributed by atoms with van der Waals surface area (Å²) in [6.45, 7) is 6.51. The zero-order valence-electron chi connectivity index (χ0n) is 16.3. The van der Waals surface area contributed by atoms with Gasteiger partial charge in [-0.15, -0.1) is 0 Å². The molecule has 5 nitrogen and oxygen atoms in total. The third kappa shape index (κ3) is 3.79. The van der Waals surface area contributed by atoms with Gasteiger partial charge in [0.05, 0.1) is 17.5 Å². The van der Waals surface area contributed by atoms with Crippen molar-refractivity contribution in [3.05, 3.63) is 35.4 Å². The molecule has 4 rings (SSSR count). The molecule has 27 heavy (non-hydrogen) atoms. The molecule has 3 fully saturated rings. The van der Waals surface area contributed by atoms with Crippen molar-refractivity contribution in [2.75, 3.05) is 24.6 Å². The van der Waals surface area contributed by atoms with Crippen molar-refractivity contribution < 1.29 is 13.2 Å². The third-order valence-corrected chi connectivity index (χ3v) is 8.26. The Morgan fingerprint density at radius 2 is 1.74 bits per heavy atom. The van der Waals surface area contributed by atoms with E-state index in [0.717, 1.165) is 32.4 Å². The Labute approximate surface area is 162 Å². The van der Waals surface area contributed by atoms with Crippen LogP contribution in [0.15, 0.2) is 24.3 Å². The maximum atomic E-state index is 12.8. The molecule has 2 aliphatic heterocycles. The van der Waals surface area contributed by atoms with Crippen LogP contribution in [-0.2, 0) is 21.2 Å². The standard InChI is InChI=1S/C21H30N2O3S/c1-15(2)17-8-6-16(7-9-17)12-22-10-11-23(21(24)18-4-3-5-18)20-14-27(25,26)13-19(20)22/h6-9,15,18-20H,3-5,10-14H2,1-2H3. The van der Waals surface area contributed by atoms with Crippen molar-refractivity contribution >= 4 is 15.7 Å². The number of benzene rings is 1. The number of nitrogens with zero attached hydrogens (tertiary/aromatic N) is 2. The van der Waals surface area contributed by atoms with Crippen molar-refractivity contribution in [3.8, 4) is 0 Å². The van der Waals surface area contributed by atoms with Crippen molar-refractivity contribution in [1.29, 1.82) is 0 Å². The van der Waals surface area contributed by atoms with E-state index in [0.29, 0.717) is 12.5 Å². The van der Waals surface area contributed by atoms with Gasteiger partial charge in [-0.25, -0.2) is 8.42 Å². The van der Waals surface area contributed by atoms with Crippen LogP contribution in [0.2, 0.25) is 0 Å². The summed E-state index contributed by atoms with van der Waals surface area (Å²) in [6.07, 6.45) is 3.05. The van der Waals surface area contributed by atoms with Crippen molar-refractivity contribution in [3.63, 3.8) is 0 Å². The lowest BCUT2D eigenvalue weighted by atomic mass is 9.83. The summed E-state index contributed by atoms with van der Waals surface area (Å²) in [7, 11) is -3.09. The number of piperazine rings is 1. The van der Waals surface area contributed by atoms with Crippen LogP contribution in [0.4, 0.5) is 0 Å². The smallest absolute Gasteiger partial charge is 0.226 e. The topological polar surface area (TPSA) is 57.7 Å². The quantitative estimate of drug-likeness (QED) is 0.792.